The van der Waals surface area contributed by atoms with Crippen LogP contribution in [0.3, 0.4) is 0 Å². The van der Waals surface area contributed by atoms with Crippen molar-refractivity contribution >= 4 is 5.78 Å². The van der Waals surface area contributed by atoms with Crippen molar-refractivity contribution in [1.29, 1.82) is 0 Å². The van der Waals surface area contributed by atoms with Crippen molar-refractivity contribution in [2.45, 2.75) is 83.7 Å². The summed E-state index contributed by atoms with van der Waals surface area (Å²) in [7, 11) is 0. The third-order valence-corrected chi connectivity index (χ3v) is 4.94. The van der Waals surface area contributed by atoms with Crippen molar-refractivity contribution in [3.8, 4) is 0 Å². The van der Waals surface area contributed by atoms with Crippen LogP contribution in [0.5, 0.6) is 0 Å². The molecule has 2 aliphatic carbocycles. The fourth-order valence-corrected chi connectivity index (χ4v) is 4.04. The van der Waals surface area contributed by atoms with Crippen LogP contribution in [0.15, 0.2) is 0 Å². The molecule has 1 spiro atoms. The van der Waals surface area contributed by atoms with E-state index in [-0.39, 0.29) is 0 Å². The zero-order chi connectivity index (χ0) is 13.2. The number of hydrogen-bond donors (Lipinski definition) is 1. The SMILES string of the molecule is CC(C)(O)CCC[C@@H]1CC[C@]2(CCCC(=O)C2)C1. The van der Waals surface area contributed by atoms with Crippen LogP contribution in [0.25, 0.3) is 0 Å². The third-order valence-electron chi connectivity index (χ3n) is 4.94. The number of hydrogen-bond acceptors (Lipinski definition) is 2. The Morgan fingerprint density at radius 3 is 2.83 bits per heavy atom. The van der Waals surface area contributed by atoms with Crippen LogP contribution in [-0.2, 0) is 4.79 Å². The second-order valence-electron chi connectivity index (χ2n) is 7.38. The van der Waals surface area contributed by atoms with Gasteiger partial charge in [0.05, 0.1) is 5.60 Å². The molecule has 2 nitrogen and oxygen atoms in total. The smallest absolute Gasteiger partial charge is 0.133 e. The number of carbonyl (C=O) groups is 1. The van der Waals surface area contributed by atoms with Crippen LogP contribution in [-0.4, -0.2) is 16.5 Å². The lowest BCUT2D eigenvalue weighted by atomic mass is 9.72. The number of carbonyl (C=O) groups excluding carboxylic acids is 1. The first kappa shape index (κ1) is 14.0. The Morgan fingerprint density at radius 1 is 1.39 bits per heavy atom. The highest BCUT2D eigenvalue weighted by Gasteiger charge is 2.41. The Kier molecular flexibility index (Phi) is 4.15. The summed E-state index contributed by atoms with van der Waals surface area (Å²) in [6.45, 7) is 3.78. The van der Waals surface area contributed by atoms with E-state index in [1.165, 1.54) is 32.1 Å². The first-order valence-corrected chi connectivity index (χ1v) is 7.63. The molecule has 0 unspecified atom stereocenters. The van der Waals surface area contributed by atoms with Gasteiger partial charge in [-0.1, -0.05) is 12.8 Å². The average Bonchev–Trinajstić information content (AvgIpc) is 2.59. The normalized spacial score (nSPS) is 33.3. The quantitative estimate of drug-likeness (QED) is 0.825. The van der Waals surface area contributed by atoms with Gasteiger partial charge in [0, 0.05) is 12.8 Å². The Hall–Kier alpha value is -0.370. The van der Waals surface area contributed by atoms with Crippen LogP contribution in [0.1, 0.15) is 78.1 Å². The molecule has 2 aliphatic rings. The summed E-state index contributed by atoms with van der Waals surface area (Å²) in [5, 5.41) is 9.72. The molecule has 0 aromatic rings. The molecule has 2 heteroatoms. The maximum Gasteiger partial charge on any atom is 0.133 e. The van der Waals surface area contributed by atoms with Crippen LogP contribution >= 0.6 is 0 Å². The van der Waals surface area contributed by atoms with E-state index >= 15 is 0 Å². The van der Waals surface area contributed by atoms with Gasteiger partial charge < -0.3 is 5.11 Å². The number of aliphatic hydroxyl groups is 1. The molecule has 0 heterocycles. The highest BCUT2D eigenvalue weighted by molar-refractivity contribution is 5.79. The molecule has 0 aromatic heterocycles. The molecule has 0 amide bonds. The van der Waals surface area contributed by atoms with Gasteiger partial charge in [0.1, 0.15) is 5.78 Å². The van der Waals surface area contributed by atoms with Crippen molar-refractivity contribution in [3.63, 3.8) is 0 Å². The molecule has 2 atom stereocenters. The van der Waals surface area contributed by atoms with Crippen molar-refractivity contribution in [1.82, 2.24) is 0 Å². The highest BCUT2D eigenvalue weighted by Crippen LogP contribution is 2.51. The summed E-state index contributed by atoms with van der Waals surface area (Å²) < 4.78 is 0. The number of Topliss-reactive ketones (excluding diaryl/α,β-unsaturated/α-hetero) is 1. The maximum atomic E-state index is 11.6. The standard InChI is InChI=1S/C16H28O2/c1-15(2,18)8-3-5-13-7-10-16(11-13)9-4-6-14(17)12-16/h13,18H,3-12H2,1-2H3/t13-,16-/m1/s1. The van der Waals surface area contributed by atoms with E-state index in [0.29, 0.717) is 11.2 Å². The van der Waals surface area contributed by atoms with Gasteiger partial charge >= 0.3 is 0 Å². The van der Waals surface area contributed by atoms with E-state index in [2.05, 4.69) is 0 Å². The topological polar surface area (TPSA) is 37.3 Å². The molecule has 0 saturated heterocycles. The van der Waals surface area contributed by atoms with Crippen LogP contribution in [0, 0.1) is 11.3 Å². The van der Waals surface area contributed by atoms with Gasteiger partial charge in [-0.2, -0.15) is 0 Å². The van der Waals surface area contributed by atoms with Crippen molar-refractivity contribution < 1.29 is 9.90 Å². The third kappa shape index (κ3) is 3.81. The van der Waals surface area contributed by atoms with Gasteiger partial charge in [0.15, 0.2) is 0 Å². The fraction of sp³-hybridized carbons (Fsp3) is 0.938. The molecular formula is C16H28O2. The highest BCUT2D eigenvalue weighted by atomic mass is 16.3. The summed E-state index contributed by atoms with van der Waals surface area (Å²) >= 11 is 0. The Bertz CT molecular complexity index is 303. The Labute approximate surface area is 111 Å². The maximum absolute atomic E-state index is 11.6. The zero-order valence-electron chi connectivity index (χ0n) is 12.0. The fourth-order valence-electron chi connectivity index (χ4n) is 4.04. The second kappa shape index (κ2) is 5.32. The molecule has 2 saturated carbocycles. The lowest BCUT2D eigenvalue weighted by molar-refractivity contribution is -0.123. The minimum absolute atomic E-state index is 0.384. The molecular weight excluding hydrogens is 224 g/mol. The van der Waals surface area contributed by atoms with E-state index in [9.17, 15) is 9.90 Å². The minimum Gasteiger partial charge on any atom is -0.390 e. The van der Waals surface area contributed by atoms with Crippen LogP contribution in [0.4, 0.5) is 0 Å². The molecule has 0 bridgehead atoms. The largest absolute Gasteiger partial charge is 0.390 e. The predicted molar refractivity (Wildman–Crippen MR) is 73.4 cm³/mol. The van der Waals surface area contributed by atoms with Crippen LogP contribution in [0.2, 0.25) is 0 Å². The van der Waals surface area contributed by atoms with Crippen molar-refractivity contribution in [2.24, 2.45) is 11.3 Å². The summed E-state index contributed by atoms with van der Waals surface area (Å²) in [5.41, 5.74) is -0.133. The Morgan fingerprint density at radius 2 is 2.17 bits per heavy atom. The first-order chi connectivity index (χ1) is 8.39. The van der Waals surface area contributed by atoms with E-state index in [4.69, 9.17) is 0 Å². The average molecular weight is 252 g/mol. The van der Waals surface area contributed by atoms with Crippen molar-refractivity contribution in [3.05, 3.63) is 0 Å². The summed E-state index contributed by atoms with van der Waals surface area (Å²) in [6.07, 6.45) is 11.2. The summed E-state index contributed by atoms with van der Waals surface area (Å²) in [6, 6.07) is 0. The van der Waals surface area contributed by atoms with E-state index in [1.54, 1.807) is 0 Å². The minimum atomic E-state index is -0.517. The zero-order valence-corrected chi connectivity index (χ0v) is 12.0. The van der Waals surface area contributed by atoms with Crippen LogP contribution < -0.4 is 0 Å². The number of rotatable bonds is 4. The van der Waals surface area contributed by atoms with Gasteiger partial charge in [0.25, 0.3) is 0 Å². The van der Waals surface area contributed by atoms with E-state index in [0.717, 1.165) is 38.0 Å². The summed E-state index contributed by atoms with van der Waals surface area (Å²) in [4.78, 5) is 11.6. The molecule has 18 heavy (non-hydrogen) atoms. The molecule has 2 fully saturated rings. The lowest BCUT2D eigenvalue weighted by Gasteiger charge is -2.32. The molecule has 0 radical (unpaired) electrons. The van der Waals surface area contributed by atoms with E-state index < -0.39 is 5.60 Å². The van der Waals surface area contributed by atoms with Gasteiger partial charge in [0.2, 0.25) is 0 Å². The van der Waals surface area contributed by atoms with E-state index in [1.807, 2.05) is 13.8 Å². The lowest BCUT2D eigenvalue weighted by Crippen LogP contribution is -2.26. The van der Waals surface area contributed by atoms with Gasteiger partial charge in [-0.15, -0.1) is 0 Å². The summed E-state index contributed by atoms with van der Waals surface area (Å²) in [5.74, 6) is 1.30. The molecule has 1 N–H and O–H groups in total. The molecule has 2 rings (SSSR count). The Balaban J connectivity index is 1.76. The molecule has 0 aromatic carbocycles. The molecule has 104 valence electrons. The predicted octanol–water partition coefficient (Wildman–Crippen LogP) is 3.86. The second-order valence-corrected chi connectivity index (χ2v) is 7.38. The number of ketones is 1. The first-order valence-electron chi connectivity index (χ1n) is 7.63. The monoisotopic (exact) mass is 252 g/mol. The van der Waals surface area contributed by atoms with Gasteiger partial charge in [-0.25, -0.2) is 0 Å². The van der Waals surface area contributed by atoms with Crippen molar-refractivity contribution in [2.75, 3.05) is 0 Å². The molecule has 0 aliphatic heterocycles. The van der Waals surface area contributed by atoms with Gasteiger partial charge in [-0.05, 0) is 63.7 Å². The van der Waals surface area contributed by atoms with Gasteiger partial charge in [-0.3, -0.25) is 4.79 Å².